The Morgan fingerprint density at radius 1 is 1.38 bits per heavy atom. The SMILES string of the molecule is Cc1ccccc1C(=O)C[C@@H](O)C(F)(F)F. The van der Waals surface area contributed by atoms with E-state index in [1.165, 1.54) is 6.07 Å². The average Bonchev–Trinajstić information content (AvgIpc) is 2.16. The summed E-state index contributed by atoms with van der Waals surface area (Å²) in [5.74, 6) is -0.706. The van der Waals surface area contributed by atoms with Gasteiger partial charge >= 0.3 is 6.18 Å². The molecule has 0 heterocycles. The molecule has 1 aromatic carbocycles. The Kier molecular flexibility index (Phi) is 3.70. The normalized spacial score (nSPS) is 13.6. The molecule has 0 saturated heterocycles. The number of benzene rings is 1. The highest BCUT2D eigenvalue weighted by Crippen LogP contribution is 2.24. The lowest BCUT2D eigenvalue weighted by molar-refractivity contribution is -0.202. The number of alkyl halides is 3. The van der Waals surface area contributed by atoms with Gasteiger partial charge in [0.2, 0.25) is 0 Å². The Balaban J connectivity index is 2.78. The van der Waals surface area contributed by atoms with E-state index in [2.05, 4.69) is 0 Å². The van der Waals surface area contributed by atoms with Crippen LogP contribution >= 0.6 is 0 Å². The number of carbonyl (C=O) groups is 1. The monoisotopic (exact) mass is 232 g/mol. The Morgan fingerprint density at radius 2 is 1.94 bits per heavy atom. The molecule has 0 spiro atoms. The molecule has 0 fully saturated rings. The molecule has 1 atom stereocenters. The lowest BCUT2D eigenvalue weighted by Gasteiger charge is -2.14. The summed E-state index contributed by atoms with van der Waals surface area (Å²) in [5.41, 5.74) is 0.813. The van der Waals surface area contributed by atoms with Crippen LogP contribution < -0.4 is 0 Å². The van der Waals surface area contributed by atoms with Gasteiger partial charge in [0.15, 0.2) is 11.9 Å². The van der Waals surface area contributed by atoms with Crippen LogP contribution in [0.1, 0.15) is 22.3 Å². The summed E-state index contributed by atoms with van der Waals surface area (Å²) in [7, 11) is 0. The second-order valence-electron chi connectivity index (χ2n) is 3.50. The molecule has 0 aromatic heterocycles. The largest absolute Gasteiger partial charge is 0.414 e. The molecule has 16 heavy (non-hydrogen) atoms. The highest BCUT2D eigenvalue weighted by Gasteiger charge is 2.39. The highest BCUT2D eigenvalue weighted by molar-refractivity contribution is 5.97. The van der Waals surface area contributed by atoms with E-state index in [4.69, 9.17) is 5.11 Å². The molecule has 2 nitrogen and oxygen atoms in total. The standard InChI is InChI=1S/C11H11F3O2/c1-7-4-2-3-5-8(7)9(15)6-10(16)11(12,13)14/h2-5,10,16H,6H2,1H3/t10-/m1/s1. The summed E-state index contributed by atoms with van der Waals surface area (Å²) < 4.78 is 36.1. The number of rotatable bonds is 3. The average molecular weight is 232 g/mol. The molecule has 0 radical (unpaired) electrons. The predicted octanol–water partition coefficient (Wildman–Crippen LogP) is 2.49. The third-order valence-electron chi connectivity index (χ3n) is 2.20. The lowest BCUT2D eigenvalue weighted by Crippen LogP contribution is -2.31. The number of halogens is 3. The quantitative estimate of drug-likeness (QED) is 0.813. The Bertz CT molecular complexity index is 385. The molecule has 88 valence electrons. The molecule has 0 aliphatic rings. The van der Waals surface area contributed by atoms with Crippen molar-refractivity contribution in [3.63, 3.8) is 0 Å². The minimum atomic E-state index is -4.75. The molecule has 1 aromatic rings. The van der Waals surface area contributed by atoms with Crippen molar-refractivity contribution in [1.82, 2.24) is 0 Å². The fourth-order valence-corrected chi connectivity index (χ4v) is 1.29. The van der Waals surface area contributed by atoms with E-state index in [9.17, 15) is 18.0 Å². The van der Waals surface area contributed by atoms with Crippen LogP contribution in [-0.4, -0.2) is 23.2 Å². The van der Waals surface area contributed by atoms with Crippen LogP contribution in [0.4, 0.5) is 13.2 Å². The van der Waals surface area contributed by atoms with Crippen molar-refractivity contribution in [2.24, 2.45) is 0 Å². The number of aryl methyl sites for hydroxylation is 1. The number of Topliss-reactive ketones (excluding diaryl/α,β-unsaturated/α-hetero) is 1. The van der Waals surface area contributed by atoms with E-state index in [1.807, 2.05) is 0 Å². The third-order valence-corrected chi connectivity index (χ3v) is 2.20. The zero-order chi connectivity index (χ0) is 12.3. The van der Waals surface area contributed by atoms with Crippen molar-refractivity contribution in [2.45, 2.75) is 25.6 Å². The van der Waals surface area contributed by atoms with Crippen molar-refractivity contribution < 1.29 is 23.1 Å². The van der Waals surface area contributed by atoms with Gasteiger partial charge in [0.1, 0.15) is 0 Å². The number of ketones is 1. The molecule has 0 saturated carbocycles. The number of hydrogen-bond donors (Lipinski definition) is 1. The smallest absolute Gasteiger partial charge is 0.383 e. The van der Waals surface area contributed by atoms with Crippen molar-refractivity contribution in [3.8, 4) is 0 Å². The summed E-state index contributed by atoms with van der Waals surface area (Å²) in [4.78, 5) is 11.5. The van der Waals surface area contributed by atoms with E-state index in [1.54, 1.807) is 25.1 Å². The van der Waals surface area contributed by atoms with E-state index in [-0.39, 0.29) is 5.56 Å². The topological polar surface area (TPSA) is 37.3 Å². The molecular weight excluding hydrogens is 221 g/mol. The second-order valence-corrected chi connectivity index (χ2v) is 3.50. The maximum Gasteiger partial charge on any atom is 0.414 e. The molecule has 1 rings (SSSR count). The first-order chi connectivity index (χ1) is 7.32. The Morgan fingerprint density at radius 3 is 2.44 bits per heavy atom. The van der Waals surface area contributed by atoms with Gasteiger partial charge in [-0.15, -0.1) is 0 Å². The number of carbonyl (C=O) groups excluding carboxylic acids is 1. The predicted molar refractivity (Wildman–Crippen MR) is 52.2 cm³/mol. The van der Waals surface area contributed by atoms with Gasteiger partial charge in [0.05, 0.1) is 0 Å². The van der Waals surface area contributed by atoms with Crippen molar-refractivity contribution in [1.29, 1.82) is 0 Å². The van der Waals surface area contributed by atoms with Crippen LogP contribution in [0.2, 0.25) is 0 Å². The van der Waals surface area contributed by atoms with Gasteiger partial charge < -0.3 is 5.11 Å². The summed E-state index contributed by atoms with van der Waals surface area (Å²) in [6.07, 6.45) is -8.29. The first-order valence-electron chi connectivity index (χ1n) is 4.66. The highest BCUT2D eigenvalue weighted by atomic mass is 19.4. The van der Waals surface area contributed by atoms with Crippen molar-refractivity contribution in [3.05, 3.63) is 35.4 Å². The van der Waals surface area contributed by atoms with Gasteiger partial charge in [-0.25, -0.2) is 0 Å². The van der Waals surface area contributed by atoms with E-state index in [0.717, 1.165) is 0 Å². The lowest BCUT2D eigenvalue weighted by atomic mass is 10.0. The van der Waals surface area contributed by atoms with Gasteiger partial charge in [0.25, 0.3) is 0 Å². The molecule has 0 unspecified atom stereocenters. The first kappa shape index (κ1) is 12.7. The fraction of sp³-hybridized carbons (Fsp3) is 0.364. The van der Waals surface area contributed by atoms with E-state index < -0.39 is 24.5 Å². The minimum absolute atomic E-state index is 0.214. The fourth-order valence-electron chi connectivity index (χ4n) is 1.29. The van der Waals surface area contributed by atoms with Crippen LogP contribution in [0.25, 0.3) is 0 Å². The third kappa shape index (κ3) is 3.06. The molecule has 0 bridgehead atoms. The van der Waals surface area contributed by atoms with Crippen molar-refractivity contribution in [2.75, 3.05) is 0 Å². The molecule has 0 amide bonds. The second kappa shape index (κ2) is 4.65. The number of aliphatic hydroxyl groups excluding tert-OH is 1. The number of hydrogen-bond acceptors (Lipinski definition) is 2. The maximum atomic E-state index is 12.0. The van der Waals surface area contributed by atoms with Crippen LogP contribution in [0.3, 0.4) is 0 Å². The minimum Gasteiger partial charge on any atom is -0.383 e. The van der Waals surface area contributed by atoms with Crippen LogP contribution in [0, 0.1) is 6.92 Å². The van der Waals surface area contributed by atoms with Crippen LogP contribution in [0.15, 0.2) is 24.3 Å². The molecule has 1 N–H and O–H groups in total. The van der Waals surface area contributed by atoms with Gasteiger partial charge in [-0.05, 0) is 12.5 Å². The Hall–Kier alpha value is -1.36. The van der Waals surface area contributed by atoms with Gasteiger partial charge in [-0.2, -0.15) is 13.2 Å². The zero-order valence-corrected chi connectivity index (χ0v) is 8.58. The maximum absolute atomic E-state index is 12.0. The van der Waals surface area contributed by atoms with Crippen LogP contribution in [0.5, 0.6) is 0 Å². The van der Waals surface area contributed by atoms with E-state index >= 15 is 0 Å². The first-order valence-corrected chi connectivity index (χ1v) is 4.66. The zero-order valence-electron chi connectivity index (χ0n) is 8.58. The molecule has 0 aliphatic carbocycles. The molecule has 5 heteroatoms. The van der Waals surface area contributed by atoms with E-state index in [0.29, 0.717) is 5.56 Å². The summed E-state index contributed by atoms with van der Waals surface area (Å²) >= 11 is 0. The van der Waals surface area contributed by atoms with Gasteiger partial charge in [0, 0.05) is 12.0 Å². The molecule has 0 aliphatic heterocycles. The molecular formula is C11H11F3O2. The van der Waals surface area contributed by atoms with Gasteiger partial charge in [-0.1, -0.05) is 24.3 Å². The Labute approximate surface area is 90.7 Å². The summed E-state index contributed by atoms with van der Waals surface area (Å²) in [6.45, 7) is 1.63. The van der Waals surface area contributed by atoms with Crippen molar-refractivity contribution >= 4 is 5.78 Å². The van der Waals surface area contributed by atoms with Gasteiger partial charge in [-0.3, -0.25) is 4.79 Å². The summed E-state index contributed by atoms with van der Waals surface area (Å²) in [5, 5.41) is 8.76. The summed E-state index contributed by atoms with van der Waals surface area (Å²) in [6, 6.07) is 6.33. The number of aliphatic hydroxyl groups is 1. The van der Waals surface area contributed by atoms with Crippen LogP contribution in [-0.2, 0) is 0 Å².